The number of methoxy groups -OCH3 is 1. The Morgan fingerprint density at radius 2 is 2.06 bits per heavy atom. The van der Waals surface area contributed by atoms with Gasteiger partial charge in [0, 0.05) is 37.1 Å². The van der Waals surface area contributed by atoms with E-state index in [1.807, 2.05) is 39.0 Å². The number of anilines is 2. The number of nitrogens with one attached hydrogen (secondary N) is 2. The molecular weight excluding hydrogens is 396 g/mol. The third-order valence-corrected chi connectivity index (χ3v) is 5.08. The first kappa shape index (κ1) is 22.4. The highest BCUT2D eigenvalue weighted by Gasteiger charge is 2.17. The largest absolute Gasteiger partial charge is 0.497 e. The lowest BCUT2D eigenvalue weighted by atomic mass is 10.2. The third-order valence-electron chi connectivity index (χ3n) is 5.08. The number of amides is 2. The van der Waals surface area contributed by atoms with Crippen molar-refractivity contribution in [3.63, 3.8) is 0 Å². The van der Waals surface area contributed by atoms with Crippen molar-refractivity contribution in [3.05, 3.63) is 41.3 Å². The summed E-state index contributed by atoms with van der Waals surface area (Å²) in [5.41, 5.74) is 10.4. The minimum absolute atomic E-state index is 0.265. The zero-order valence-corrected chi connectivity index (χ0v) is 18.5. The minimum atomic E-state index is -0.265. The number of rotatable bonds is 9. The van der Waals surface area contributed by atoms with Crippen LogP contribution in [0.1, 0.15) is 30.4 Å². The van der Waals surface area contributed by atoms with Crippen LogP contribution in [0.15, 0.2) is 24.3 Å². The van der Waals surface area contributed by atoms with Crippen LogP contribution in [0.4, 0.5) is 16.3 Å². The molecule has 1 aromatic carbocycles. The number of ether oxygens (including phenoxy) is 2. The van der Waals surface area contributed by atoms with E-state index in [0.29, 0.717) is 49.1 Å². The molecule has 0 bridgehead atoms. The normalized spacial score (nSPS) is 11.0. The predicted molar refractivity (Wildman–Crippen MR) is 121 cm³/mol. The molecule has 0 aliphatic carbocycles. The Labute approximate surface area is 182 Å². The molecule has 2 aromatic heterocycles. The Balaban J connectivity index is 1.66. The summed E-state index contributed by atoms with van der Waals surface area (Å²) in [6.07, 6.45) is 0.719. The van der Waals surface area contributed by atoms with Crippen LogP contribution in [0.3, 0.4) is 0 Å². The molecule has 31 heavy (non-hydrogen) atoms. The molecule has 2 amide bonds. The van der Waals surface area contributed by atoms with E-state index < -0.39 is 0 Å². The quantitative estimate of drug-likeness (QED) is 0.452. The fraction of sp³-hybridized carbons (Fsp3) is 0.409. The van der Waals surface area contributed by atoms with Crippen LogP contribution in [-0.4, -0.2) is 40.8 Å². The maximum absolute atomic E-state index is 12.2. The molecule has 0 saturated heterocycles. The Hall–Kier alpha value is -3.33. The highest BCUT2D eigenvalue weighted by atomic mass is 16.5. The highest BCUT2D eigenvalue weighted by molar-refractivity contribution is 5.89. The van der Waals surface area contributed by atoms with Crippen molar-refractivity contribution >= 4 is 28.6 Å². The van der Waals surface area contributed by atoms with Gasteiger partial charge in [-0.25, -0.2) is 14.8 Å². The summed E-state index contributed by atoms with van der Waals surface area (Å²) in [6, 6.07) is 6.95. The van der Waals surface area contributed by atoms with Crippen LogP contribution < -0.4 is 21.1 Å². The number of nitrogens with zero attached hydrogens (tertiary/aromatic N) is 3. The Bertz CT molecular complexity index is 1060. The fourth-order valence-corrected chi connectivity index (χ4v) is 3.41. The molecule has 9 nitrogen and oxygen atoms in total. The van der Waals surface area contributed by atoms with Crippen LogP contribution in [0.25, 0.3) is 11.0 Å². The van der Waals surface area contributed by atoms with Crippen molar-refractivity contribution in [3.8, 4) is 5.75 Å². The van der Waals surface area contributed by atoms with Crippen molar-refractivity contribution in [1.29, 1.82) is 0 Å². The number of urea groups is 1. The number of nitrogen functional groups attached to an aromatic ring is 1. The monoisotopic (exact) mass is 426 g/mol. The maximum Gasteiger partial charge on any atom is 0.319 e. The number of aromatic nitrogens is 3. The van der Waals surface area contributed by atoms with Gasteiger partial charge in [0.05, 0.1) is 12.6 Å². The second-order valence-corrected chi connectivity index (χ2v) is 7.19. The fourth-order valence-electron chi connectivity index (χ4n) is 3.41. The molecule has 0 aliphatic rings. The van der Waals surface area contributed by atoms with Gasteiger partial charge in [0.25, 0.3) is 0 Å². The van der Waals surface area contributed by atoms with Gasteiger partial charge in [0.2, 0.25) is 0 Å². The molecule has 4 N–H and O–H groups in total. The summed E-state index contributed by atoms with van der Waals surface area (Å²) in [6.45, 7) is 8.07. The molecule has 0 atom stereocenters. The Morgan fingerprint density at radius 3 is 2.81 bits per heavy atom. The van der Waals surface area contributed by atoms with Gasteiger partial charge in [0.1, 0.15) is 23.7 Å². The zero-order chi connectivity index (χ0) is 22.4. The average Bonchev–Trinajstić information content (AvgIpc) is 3.13. The standard InChI is InChI=1S/C22H30N6O3/c1-5-31-13-18-27-19-20(14(2)15(3)25-21(19)23)28(18)11-7-10-24-22(29)26-16-8-6-9-17(12-16)30-4/h6,8-9,12H,5,7,10-11,13H2,1-4H3,(H2,23,25)(H2,24,26,29). The van der Waals surface area contributed by atoms with Gasteiger partial charge in [-0.1, -0.05) is 6.07 Å². The van der Waals surface area contributed by atoms with Crippen LogP contribution in [0.5, 0.6) is 5.75 Å². The molecule has 0 unspecified atom stereocenters. The Kier molecular flexibility index (Phi) is 7.30. The number of hydrogen-bond acceptors (Lipinski definition) is 6. The maximum atomic E-state index is 12.2. The number of carbonyl (C=O) groups is 1. The smallest absolute Gasteiger partial charge is 0.319 e. The van der Waals surface area contributed by atoms with Crippen molar-refractivity contribution in [1.82, 2.24) is 19.9 Å². The van der Waals surface area contributed by atoms with Gasteiger partial charge >= 0.3 is 6.03 Å². The molecule has 3 aromatic rings. The topological polar surface area (TPSA) is 116 Å². The lowest BCUT2D eigenvalue weighted by molar-refractivity contribution is 0.126. The summed E-state index contributed by atoms with van der Waals surface area (Å²) < 4.78 is 12.9. The van der Waals surface area contributed by atoms with E-state index in [9.17, 15) is 4.79 Å². The first-order valence-corrected chi connectivity index (χ1v) is 10.3. The second kappa shape index (κ2) is 10.1. The molecule has 3 rings (SSSR count). The number of benzene rings is 1. The van der Waals surface area contributed by atoms with Gasteiger partial charge in [-0.05, 0) is 44.9 Å². The SMILES string of the molecule is CCOCc1nc2c(N)nc(C)c(C)c2n1CCCNC(=O)Nc1cccc(OC)c1. The number of fused-ring (bicyclic) bond motifs is 1. The summed E-state index contributed by atoms with van der Waals surface area (Å²) in [5, 5.41) is 5.70. The average molecular weight is 427 g/mol. The lowest BCUT2D eigenvalue weighted by Gasteiger charge is -2.13. The molecule has 0 spiro atoms. The van der Waals surface area contributed by atoms with Gasteiger partial charge in [0.15, 0.2) is 5.82 Å². The minimum Gasteiger partial charge on any atom is -0.497 e. The summed E-state index contributed by atoms with van der Waals surface area (Å²) >= 11 is 0. The van der Waals surface area contributed by atoms with Crippen molar-refractivity contribution < 1.29 is 14.3 Å². The van der Waals surface area contributed by atoms with Gasteiger partial charge in [-0.2, -0.15) is 0 Å². The summed E-state index contributed by atoms with van der Waals surface area (Å²) in [4.78, 5) is 21.3. The van der Waals surface area contributed by atoms with Crippen molar-refractivity contribution in [2.24, 2.45) is 0 Å². The van der Waals surface area contributed by atoms with E-state index in [0.717, 1.165) is 29.0 Å². The van der Waals surface area contributed by atoms with E-state index in [2.05, 4.69) is 25.2 Å². The number of aryl methyl sites for hydroxylation is 3. The molecule has 0 saturated carbocycles. The van der Waals surface area contributed by atoms with Gasteiger partial charge in [-0.15, -0.1) is 0 Å². The van der Waals surface area contributed by atoms with Crippen LogP contribution in [0.2, 0.25) is 0 Å². The van der Waals surface area contributed by atoms with E-state index in [1.54, 1.807) is 13.2 Å². The third kappa shape index (κ3) is 5.24. The molecular formula is C22H30N6O3. The van der Waals surface area contributed by atoms with Gasteiger partial charge < -0.3 is 30.4 Å². The molecule has 0 radical (unpaired) electrons. The first-order chi connectivity index (χ1) is 14.9. The van der Waals surface area contributed by atoms with Crippen LogP contribution in [-0.2, 0) is 17.9 Å². The van der Waals surface area contributed by atoms with Crippen LogP contribution in [0, 0.1) is 13.8 Å². The lowest BCUT2D eigenvalue weighted by Crippen LogP contribution is -2.30. The zero-order valence-electron chi connectivity index (χ0n) is 18.5. The molecule has 0 aliphatic heterocycles. The van der Waals surface area contributed by atoms with Crippen LogP contribution >= 0.6 is 0 Å². The number of imidazole rings is 1. The van der Waals surface area contributed by atoms with Crippen molar-refractivity contribution in [2.45, 2.75) is 40.3 Å². The highest BCUT2D eigenvalue weighted by Crippen LogP contribution is 2.26. The summed E-state index contributed by atoms with van der Waals surface area (Å²) in [7, 11) is 1.59. The predicted octanol–water partition coefficient (Wildman–Crippen LogP) is 3.39. The molecule has 166 valence electrons. The Morgan fingerprint density at radius 1 is 1.26 bits per heavy atom. The molecule has 0 fully saturated rings. The number of pyridine rings is 1. The van der Waals surface area contributed by atoms with Gasteiger partial charge in [-0.3, -0.25) is 0 Å². The van der Waals surface area contributed by atoms with E-state index in [-0.39, 0.29) is 6.03 Å². The number of carbonyl (C=O) groups excluding carboxylic acids is 1. The van der Waals surface area contributed by atoms with E-state index >= 15 is 0 Å². The summed E-state index contributed by atoms with van der Waals surface area (Å²) in [5.74, 6) is 1.91. The van der Waals surface area contributed by atoms with E-state index in [4.69, 9.17) is 15.2 Å². The van der Waals surface area contributed by atoms with Crippen molar-refractivity contribution in [2.75, 3.05) is 31.3 Å². The number of nitrogens with two attached hydrogens (primary N) is 1. The molecule has 2 heterocycles. The first-order valence-electron chi connectivity index (χ1n) is 10.3. The van der Waals surface area contributed by atoms with E-state index in [1.165, 1.54) is 0 Å². The second-order valence-electron chi connectivity index (χ2n) is 7.19. The number of hydrogen-bond donors (Lipinski definition) is 3. The molecule has 9 heteroatoms.